The number of hydrogen-bond donors (Lipinski definition) is 1. The molecule has 0 fully saturated rings. The van der Waals surface area contributed by atoms with E-state index in [4.69, 9.17) is 0 Å². The van der Waals surface area contributed by atoms with E-state index in [0.717, 1.165) is 4.31 Å². The van der Waals surface area contributed by atoms with Crippen LogP contribution in [0.25, 0.3) is 0 Å². The predicted molar refractivity (Wildman–Crippen MR) is 125 cm³/mol. The van der Waals surface area contributed by atoms with Gasteiger partial charge in [0.05, 0.1) is 10.6 Å². The fraction of sp³-hybridized carbons (Fsp3) is 0.105. The molecule has 0 aliphatic carbocycles. The Hall–Kier alpha value is -2.21. The monoisotopic (exact) mass is 524 g/mol. The van der Waals surface area contributed by atoms with E-state index in [1.807, 2.05) is 0 Å². The molecule has 7 nitrogen and oxygen atoms in total. The summed E-state index contributed by atoms with van der Waals surface area (Å²) in [6, 6.07) is 14.7. The van der Waals surface area contributed by atoms with Crippen LogP contribution < -0.4 is 9.62 Å². The average molecular weight is 525 g/mol. The Morgan fingerprint density at radius 2 is 1.97 bits per heavy atom. The molecule has 0 radical (unpaired) electrons. The number of carbonyl (C=O) groups is 1. The fourth-order valence-electron chi connectivity index (χ4n) is 2.40. The molecule has 0 bridgehead atoms. The van der Waals surface area contributed by atoms with Gasteiger partial charge in [-0.1, -0.05) is 69.4 Å². The number of nitrogens with one attached hydrogen (secondary N) is 1. The van der Waals surface area contributed by atoms with E-state index in [-0.39, 0.29) is 4.90 Å². The van der Waals surface area contributed by atoms with Crippen LogP contribution in [0.2, 0.25) is 0 Å². The Morgan fingerprint density at radius 1 is 1.20 bits per heavy atom. The SMILES string of the molecule is C=CCSc1nnc(NC(=O)CN(c2cccc(Br)c2)S(=O)(=O)c2ccccc2)s1. The first-order valence-corrected chi connectivity index (χ1v) is 12.6. The normalized spacial score (nSPS) is 11.1. The first kappa shape index (κ1) is 22.5. The van der Waals surface area contributed by atoms with E-state index in [0.29, 0.717) is 25.4 Å². The summed E-state index contributed by atoms with van der Waals surface area (Å²) < 4.78 is 28.9. The van der Waals surface area contributed by atoms with Crippen LogP contribution in [0.3, 0.4) is 0 Å². The van der Waals surface area contributed by atoms with Crippen molar-refractivity contribution in [3.63, 3.8) is 0 Å². The minimum atomic E-state index is -3.96. The van der Waals surface area contributed by atoms with Crippen LogP contribution >= 0.6 is 39.0 Å². The molecule has 11 heteroatoms. The lowest BCUT2D eigenvalue weighted by atomic mass is 10.3. The number of thioether (sulfide) groups is 1. The lowest BCUT2D eigenvalue weighted by molar-refractivity contribution is -0.114. The highest BCUT2D eigenvalue weighted by atomic mass is 79.9. The van der Waals surface area contributed by atoms with E-state index >= 15 is 0 Å². The fourth-order valence-corrected chi connectivity index (χ4v) is 5.75. The number of sulfonamides is 1. The third-order valence-corrected chi connectivity index (χ3v) is 7.94. The van der Waals surface area contributed by atoms with Crippen LogP contribution in [0.15, 0.2) is 81.0 Å². The quantitative estimate of drug-likeness (QED) is 0.253. The summed E-state index contributed by atoms with van der Waals surface area (Å²) in [5, 5.41) is 10.8. The van der Waals surface area contributed by atoms with Gasteiger partial charge in [0.2, 0.25) is 11.0 Å². The summed E-state index contributed by atoms with van der Waals surface area (Å²) in [6.45, 7) is 3.23. The first-order chi connectivity index (χ1) is 14.4. The van der Waals surface area contributed by atoms with E-state index in [2.05, 4.69) is 38.0 Å². The molecule has 156 valence electrons. The van der Waals surface area contributed by atoms with Crippen LogP contribution in [0.1, 0.15) is 0 Å². The van der Waals surface area contributed by atoms with Crippen molar-refractivity contribution in [1.29, 1.82) is 0 Å². The largest absolute Gasteiger partial charge is 0.299 e. The zero-order chi connectivity index (χ0) is 21.6. The molecular formula is C19H17BrN4O3S3. The van der Waals surface area contributed by atoms with Crippen molar-refractivity contribution < 1.29 is 13.2 Å². The molecule has 0 aliphatic heterocycles. The molecular weight excluding hydrogens is 508 g/mol. The van der Waals surface area contributed by atoms with Crippen LogP contribution in [0, 0.1) is 0 Å². The molecule has 1 heterocycles. The van der Waals surface area contributed by atoms with Crippen LogP contribution in [-0.4, -0.2) is 36.8 Å². The zero-order valence-corrected chi connectivity index (χ0v) is 19.6. The molecule has 1 amide bonds. The molecule has 0 spiro atoms. The van der Waals surface area contributed by atoms with Gasteiger partial charge in [-0.15, -0.1) is 16.8 Å². The maximum atomic E-state index is 13.2. The summed E-state index contributed by atoms with van der Waals surface area (Å²) in [4.78, 5) is 12.8. The second kappa shape index (κ2) is 10.2. The van der Waals surface area contributed by atoms with Crippen LogP contribution in [-0.2, 0) is 14.8 Å². The molecule has 2 aromatic carbocycles. The number of amides is 1. The lowest BCUT2D eigenvalue weighted by Crippen LogP contribution is -2.38. The molecule has 0 saturated heterocycles. The van der Waals surface area contributed by atoms with E-state index < -0.39 is 22.5 Å². The van der Waals surface area contributed by atoms with Crippen molar-refractivity contribution in [3.05, 3.63) is 71.7 Å². The van der Waals surface area contributed by atoms with Crippen molar-refractivity contribution in [2.24, 2.45) is 0 Å². The molecule has 0 aliphatic rings. The number of halogens is 1. The third kappa shape index (κ3) is 5.69. The Labute approximate surface area is 191 Å². The second-order valence-electron chi connectivity index (χ2n) is 5.83. The highest BCUT2D eigenvalue weighted by Gasteiger charge is 2.27. The van der Waals surface area contributed by atoms with Gasteiger partial charge in [0.25, 0.3) is 10.0 Å². The molecule has 3 rings (SSSR count). The predicted octanol–water partition coefficient (Wildman–Crippen LogP) is 4.41. The Bertz CT molecular complexity index is 1140. The van der Waals surface area contributed by atoms with Gasteiger partial charge in [0.1, 0.15) is 6.54 Å². The maximum absolute atomic E-state index is 13.2. The highest BCUT2D eigenvalue weighted by Crippen LogP contribution is 2.28. The van der Waals surface area contributed by atoms with Crippen LogP contribution in [0.5, 0.6) is 0 Å². The van der Waals surface area contributed by atoms with E-state index in [1.165, 1.54) is 35.2 Å². The number of nitrogens with zero attached hydrogens (tertiary/aromatic N) is 3. The Kier molecular flexibility index (Phi) is 7.64. The molecule has 1 aromatic heterocycles. The van der Waals surface area contributed by atoms with Gasteiger partial charge in [-0.3, -0.25) is 14.4 Å². The lowest BCUT2D eigenvalue weighted by Gasteiger charge is -2.24. The van der Waals surface area contributed by atoms with Crippen molar-refractivity contribution >= 4 is 65.8 Å². The van der Waals surface area contributed by atoms with Gasteiger partial charge < -0.3 is 0 Å². The van der Waals surface area contributed by atoms with Crippen LogP contribution in [0.4, 0.5) is 10.8 Å². The van der Waals surface area contributed by atoms with E-state index in [1.54, 1.807) is 48.5 Å². The Morgan fingerprint density at radius 3 is 2.67 bits per heavy atom. The molecule has 30 heavy (non-hydrogen) atoms. The number of aromatic nitrogens is 2. The summed E-state index contributed by atoms with van der Waals surface area (Å²) >= 11 is 6.01. The minimum Gasteiger partial charge on any atom is -0.299 e. The summed E-state index contributed by atoms with van der Waals surface area (Å²) in [5.74, 6) is 0.153. The standard InChI is InChI=1S/C19H17BrN4O3S3/c1-2-11-28-19-23-22-18(29-19)21-17(25)13-24(15-8-6-7-14(20)12-15)30(26,27)16-9-4-3-5-10-16/h2-10,12H,1,11,13H2,(H,21,22,25). The third-order valence-electron chi connectivity index (χ3n) is 3.69. The summed E-state index contributed by atoms with van der Waals surface area (Å²) in [6.07, 6.45) is 1.74. The van der Waals surface area contributed by atoms with Gasteiger partial charge in [-0.25, -0.2) is 8.42 Å². The van der Waals surface area contributed by atoms with Crippen molar-refractivity contribution in [2.45, 2.75) is 9.24 Å². The average Bonchev–Trinajstić information content (AvgIpc) is 3.18. The second-order valence-corrected chi connectivity index (χ2v) is 10.8. The molecule has 3 aromatic rings. The minimum absolute atomic E-state index is 0.0943. The van der Waals surface area contributed by atoms with Gasteiger partial charge in [0, 0.05) is 10.2 Å². The van der Waals surface area contributed by atoms with E-state index in [9.17, 15) is 13.2 Å². The molecule has 0 unspecified atom stereocenters. The highest BCUT2D eigenvalue weighted by molar-refractivity contribution is 9.10. The smallest absolute Gasteiger partial charge is 0.264 e. The number of carbonyl (C=O) groups excluding carboxylic acids is 1. The van der Waals surface area contributed by atoms with Gasteiger partial charge in [-0.05, 0) is 30.3 Å². The maximum Gasteiger partial charge on any atom is 0.264 e. The topological polar surface area (TPSA) is 92.3 Å². The van der Waals surface area contributed by atoms with Crippen molar-refractivity contribution in [3.8, 4) is 0 Å². The van der Waals surface area contributed by atoms with Crippen molar-refractivity contribution in [2.75, 3.05) is 21.9 Å². The zero-order valence-electron chi connectivity index (χ0n) is 15.6. The number of anilines is 2. The van der Waals surface area contributed by atoms with Gasteiger partial charge in [-0.2, -0.15) is 0 Å². The summed E-state index contributed by atoms with van der Waals surface area (Å²) in [5.41, 5.74) is 0.364. The van der Waals surface area contributed by atoms with Gasteiger partial charge >= 0.3 is 0 Å². The molecule has 1 N–H and O–H groups in total. The summed E-state index contributed by atoms with van der Waals surface area (Å²) in [7, 11) is -3.96. The number of benzene rings is 2. The molecule has 0 atom stereocenters. The Balaban J connectivity index is 1.85. The van der Waals surface area contributed by atoms with Gasteiger partial charge in [0.15, 0.2) is 4.34 Å². The molecule has 0 saturated carbocycles. The first-order valence-electron chi connectivity index (χ1n) is 8.60. The van der Waals surface area contributed by atoms with Crippen molar-refractivity contribution in [1.82, 2.24) is 10.2 Å². The number of hydrogen-bond acceptors (Lipinski definition) is 7. The number of rotatable bonds is 9.